The Bertz CT molecular complexity index is 895. The molecule has 0 bridgehead atoms. The third kappa shape index (κ3) is 6.94. The van der Waals surface area contributed by atoms with Gasteiger partial charge in [0, 0.05) is 0 Å². The number of rotatable bonds is 9. The lowest BCUT2D eigenvalue weighted by molar-refractivity contribution is -0.274. The summed E-state index contributed by atoms with van der Waals surface area (Å²) in [6.07, 6.45) is 2.20. The van der Waals surface area contributed by atoms with Crippen LogP contribution < -0.4 is 4.74 Å². The Hall–Kier alpha value is -2.75. The summed E-state index contributed by atoms with van der Waals surface area (Å²) in [6, 6.07) is 23.0. The van der Waals surface area contributed by atoms with Crippen molar-refractivity contribution in [1.82, 2.24) is 0 Å². The molecule has 3 aromatic rings. The van der Waals surface area contributed by atoms with Crippen LogP contribution in [0.3, 0.4) is 0 Å². The van der Waals surface area contributed by atoms with E-state index in [0.717, 1.165) is 30.4 Å². The van der Waals surface area contributed by atoms with Crippen LogP contribution in [0.2, 0.25) is 0 Å². The highest BCUT2D eigenvalue weighted by Gasteiger charge is 2.30. The first-order valence-electron chi connectivity index (χ1n) is 10.5. The molecule has 0 aromatic heterocycles. The summed E-state index contributed by atoms with van der Waals surface area (Å²) in [4.78, 5) is 0. The van der Waals surface area contributed by atoms with Gasteiger partial charge >= 0.3 is 6.36 Å². The van der Waals surface area contributed by atoms with Gasteiger partial charge in [-0.1, -0.05) is 80.4 Å². The van der Waals surface area contributed by atoms with Crippen LogP contribution in [-0.2, 0) is 19.3 Å². The normalized spacial score (nSPS) is 11.5. The molecule has 0 radical (unpaired) electrons. The molecule has 0 atom stereocenters. The molecule has 0 saturated heterocycles. The van der Waals surface area contributed by atoms with Gasteiger partial charge in [-0.15, -0.1) is 13.2 Å². The fourth-order valence-electron chi connectivity index (χ4n) is 3.45. The summed E-state index contributed by atoms with van der Waals surface area (Å²) in [6.45, 7) is 2.22. The Kier molecular flexibility index (Phi) is 7.56. The Morgan fingerprint density at radius 3 is 1.50 bits per heavy atom. The summed E-state index contributed by atoms with van der Waals surface area (Å²) in [5.41, 5.74) is 5.80. The van der Waals surface area contributed by atoms with Crippen LogP contribution in [0.1, 0.15) is 42.9 Å². The van der Waals surface area contributed by atoms with Gasteiger partial charge in [0.1, 0.15) is 5.75 Å². The molecule has 0 fully saturated rings. The van der Waals surface area contributed by atoms with E-state index >= 15 is 0 Å². The molecule has 0 heterocycles. The van der Waals surface area contributed by atoms with Crippen molar-refractivity contribution in [2.24, 2.45) is 0 Å². The van der Waals surface area contributed by atoms with Crippen molar-refractivity contribution in [1.29, 1.82) is 0 Å². The summed E-state index contributed by atoms with van der Waals surface area (Å²) in [7, 11) is 0. The number of hydrogen-bond acceptors (Lipinski definition) is 1. The van der Waals surface area contributed by atoms with Gasteiger partial charge in [-0.05, 0) is 65.6 Å². The first-order chi connectivity index (χ1) is 14.4. The summed E-state index contributed by atoms with van der Waals surface area (Å²) >= 11 is 0. The monoisotopic (exact) mass is 412 g/mol. The van der Waals surface area contributed by atoms with E-state index in [1.807, 2.05) is 12.1 Å². The Balaban J connectivity index is 1.53. The fourth-order valence-corrected chi connectivity index (χ4v) is 3.45. The molecule has 30 heavy (non-hydrogen) atoms. The highest BCUT2D eigenvalue weighted by molar-refractivity contribution is 5.64. The van der Waals surface area contributed by atoms with Gasteiger partial charge < -0.3 is 4.74 Å². The molecular weight excluding hydrogens is 385 g/mol. The van der Waals surface area contributed by atoms with Crippen LogP contribution in [0.4, 0.5) is 13.2 Å². The predicted molar refractivity (Wildman–Crippen MR) is 116 cm³/mol. The third-order valence-electron chi connectivity index (χ3n) is 5.17. The maximum Gasteiger partial charge on any atom is 0.573 e. The maximum atomic E-state index is 12.3. The van der Waals surface area contributed by atoms with Gasteiger partial charge in [0.15, 0.2) is 0 Å². The average Bonchev–Trinajstić information content (AvgIpc) is 2.73. The van der Waals surface area contributed by atoms with Crippen molar-refractivity contribution < 1.29 is 17.9 Å². The molecule has 0 amide bonds. The van der Waals surface area contributed by atoms with Crippen molar-refractivity contribution in [2.45, 2.75) is 51.8 Å². The quantitative estimate of drug-likeness (QED) is 0.326. The molecule has 0 aliphatic rings. The number of aryl methyl sites for hydroxylation is 3. The SMILES string of the molecule is CCCCCc1ccc(CCc2ccc(-c3ccc(OC(F)(F)F)cc3)cc2)cc1. The molecule has 0 aliphatic heterocycles. The fraction of sp³-hybridized carbons (Fsp3) is 0.308. The molecule has 1 nitrogen and oxygen atoms in total. The van der Waals surface area contributed by atoms with Crippen LogP contribution in [-0.4, -0.2) is 6.36 Å². The minimum absolute atomic E-state index is 0.209. The second-order valence-corrected chi connectivity index (χ2v) is 7.54. The van der Waals surface area contributed by atoms with E-state index in [4.69, 9.17) is 0 Å². The number of unbranched alkanes of at least 4 members (excludes halogenated alkanes) is 2. The summed E-state index contributed by atoms with van der Waals surface area (Å²) in [5, 5.41) is 0. The van der Waals surface area contributed by atoms with Gasteiger partial charge in [-0.3, -0.25) is 0 Å². The number of halogens is 3. The lowest BCUT2D eigenvalue weighted by atomic mass is 9.99. The van der Waals surface area contributed by atoms with E-state index in [0.29, 0.717) is 0 Å². The van der Waals surface area contributed by atoms with E-state index in [1.165, 1.54) is 48.1 Å². The molecule has 3 aromatic carbocycles. The zero-order valence-corrected chi connectivity index (χ0v) is 17.2. The van der Waals surface area contributed by atoms with Gasteiger partial charge in [-0.25, -0.2) is 0 Å². The summed E-state index contributed by atoms with van der Waals surface area (Å²) < 4.78 is 40.7. The minimum Gasteiger partial charge on any atom is -0.406 e. The average molecular weight is 412 g/mol. The number of hydrogen-bond donors (Lipinski definition) is 0. The van der Waals surface area contributed by atoms with E-state index in [2.05, 4.69) is 48.1 Å². The highest BCUT2D eigenvalue weighted by Crippen LogP contribution is 2.27. The Morgan fingerprint density at radius 2 is 1.03 bits per heavy atom. The molecular formula is C26H27F3O. The van der Waals surface area contributed by atoms with Crippen LogP contribution >= 0.6 is 0 Å². The smallest absolute Gasteiger partial charge is 0.406 e. The van der Waals surface area contributed by atoms with Crippen molar-refractivity contribution in [2.75, 3.05) is 0 Å². The standard InChI is InChI=1S/C26H27F3O/c1-2-3-4-5-20-6-8-21(9-7-20)10-11-22-12-14-23(15-13-22)24-16-18-25(19-17-24)30-26(27,28)29/h6-9,12-19H,2-5,10-11H2,1H3. The van der Waals surface area contributed by atoms with Gasteiger partial charge in [0.2, 0.25) is 0 Å². The topological polar surface area (TPSA) is 9.23 Å². The predicted octanol–water partition coefficient (Wildman–Crippen LogP) is 7.77. The third-order valence-corrected chi connectivity index (χ3v) is 5.17. The number of benzene rings is 3. The van der Waals surface area contributed by atoms with E-state index in [-0.39, 0.29) is 5.75 Å². The second kappa shape index (κ2) is 10.3. The van der Waals surface area contributed by atoms with Crippen molar-refractivity contribution in [3.8, 4) is 16.9 Å². The number of alkyl halides is 3. The maximum absolute atomic E-state index is 12.3. The van der Waals surface area contributed by atoms with Crippen LogP contribution in [0, 0.1) is 0 Å². The van der Waals surface area contributed by atoms with Crippen LogP contribution in [0.25, 0.3) is 11.1 Å². The molecule has 0 spiro atoms. The molecule has 4 heteroatoms. The molecule has 3 rings (SSSR count). The van der Waals surface area contributed by atoms with Gasteiger partial charge in [0.25, 0.3) is 0 Å². The minimum atomic E-state index is -4.67. The van der Waals surface area contributed by atoms with Gasteiger partial charge in [0.05, 0.1) is 0 Å². The largest absolute Gasteiger partial charge is 0.573 e. The first kappa shape index (κ1) is 21.9. The zero-order valence-electron chi connectivity index (χ0n) is 17.2. The summed E-state index contributed by atoms with van der Waals surface area (Å²) in [5.74, 6) is -0.209. The second-order valence-electron chi connectivity index (χ2n) is 7.54. The Labute approximate surface area is 176 Å². The molecule has 158 valence electrons. The molecule has 0 aliphatic carbocycles. The van der Waals surface area contributed by atoms with E-state index in [1.54, 1.807) is 12.1 Å². The van der Waals surface area contributed by atoms with Crippen molar-refractivity contribution >= 4 is 0 Å². The van der Waals surface area contributed by atoms with Crippen molar-refractivity contribution in [3.05, 3.63) is 89.5 Å². The van der Waals surface area contributed by atoms with Crippen LogP contribution in [0.5, 0.6) is 5.75 Å². The Morgan fingerprint density at radius 1 is 0.600 bits per heavy atom. The zero-order chi connectivity index (χ0) is 21.4. The lowest BCUT2D eigenvalue weighted by Gasteiger charge is -2.10. The van der Waals surface area contributed by atoms with E-state index < -0.39 is 6.36 Å². The molecule has 0 N–H and O–H groups in total. The lowest BCUT2D eigenvalue weighted by Crippen LogP contribution is -2.16. The number of ether oxygens (including phenoxy) is 1. The molecule has 0 unspecified atom stereocenters. The highest BCUT2D eigenvalue weighted by atomic mass is 19.4. The first-order valence-corrected chi connectivity index (χ1v) is 10.5. The van der Waals surface area contributed by atoms with Crippen molar-refractivity contribution in [3.63, 3.8) is 0 Å². The van der Waals surface area contributed by atoms with Crippen LogP contribution in [0.15, 0.2) is 72.8 Å². The van der Waals surface area contributed by atoms with E-state index in [9.17, 15) is 13.2 Å². The van der Waals surface area contributed by atoms with Gasteiger partial charge in [-0.2, -0.15) is 0 Å². The molecule has 0 saturated carbocycles.